The highest BCUT2D eigenvalue weighted by atomic mass is 15.1. The van der Waals surface area contributed by atoms with Gasteiger partial charge in [-0.1, -0.05) is 12.1 Å². The molecule has 3 nitrogen and oxygen atoms in total. The van der Waals surface area contributed by atoms with Gasteiger partial charge >= 0.3 is 0 Å². The average molecular weight is 241 g/mol. The second kappa shape index (κ2) is 5.54. The van der Waals surface area contributed by atoms with Crippen LogP contribution in [0.15, 0.2) is 48.8 Å². The van der Waals surface area contributed by atoms with E-state index < -0.39 is 0 Å². The normalized spacial score (nSPS) is 11.9. The Morgan fingerprint density at radius 1 is 1.17 bits per heavy atom. The van der Waals surface area contributed by atoms with E-state index >= 15 is 0 Å². The zero-order valence-corrected chi connectivity index (χ0v) is 11.1. The lowest BCUT2D eigenvalue weighted by atomic mass is 10.1. The first-order valence-electron chi connectivity index (χ1n) is 6.10. The van der Waals surface area contributed by atoms with Crippen molar-refractivity contribution in [1.29, 1.82) is 0 Å². The molecular formula is C15H19N3. The quantitative estimate of drug-likeness (QED) is 0.890. The van der Waals surface area contributed by atoms with Crippen LogP contribution in [0.5, 0.6) is 0 Å². The maximum absolute atomic E-state index is 4.14. The summed E-state index contributed by atoms with van der Waals surface area (Å²) >= 11 is 0. The SMILES string of the molecule is CC(Nc1cccc(N(C)C)c1)c1cccnc1. The molecule has 0 saturated carbocycles. The highest BCUT2D eigenvalue weighted by molar-refractivity contribution is 5.58. The Morgan fingerprint density at radius 2 is 2.00 bits per heavy atom. The van der Waals surface area contributed by atoms with Crippen molar-refractivity contribution < 1.29 is 0 Å². The van der Waals surface area contributed by atoms with Crippen molar-refractivity contribution in [3.05, 3.63) is 54.4 Å². The van der Waals surface area contributed by atoms with Crippen molar-refractivity contribution >= 4 is 11.4 Å². The monoisotopic (exact) mass is 241 g/mol. The summed E-state index contributed by atoms with van der Waals surface area (Å²) in [4.78, 5) is 6.24. The smallest absolute Gasteiger partial charge is 0.0500 e. The molecule has 0 aliphatic rings. The topological polar surface area (TPSA) is 28.2 Å². The van der Waals surface area contributed by atoms with Crippen molar-refractivity contribution in [2.75, 3.05) is 24.3 Å². The molecule has 0 amide bonds. The van der Waals surface area contributed by atoms with E-state index in [-0.39, 0.29) is 6.04 Å². The number of nitrogens with zero attached hydrogens (tertiary/aromatic N) is 2. The van der Waals surface area contributed by atoms with E-state index in [2.05, 4.69) is 52.5 Å². The molecule has 18 heavy (non-hydrogen) atoms. The van der Waals surface area contributed by atoms with Crippen LogP contribution in [0.4, 0.5) is 11.4 Å². The average Bonchev–Trinajstić information content (AvgIpc) is 2.40. The molecule has 1 atom stereocenters. The molecule has 0 fully saturated rings. The summed E-state index contributed by atoms with van der Waals surface area (Å²) in [5, 5.41) is 3.49. The van der Waals surface area contributed by atoms with Crippen molar-refractivity contribution in [3.63, 3.8) is 0 Å². The fourth-order valence-corrected chi connectivity index (χ4v) is 1.84. The Labute approximate surface area is 108 Å². The predicted molar refractivity (Wildman–Crippen MR) is 77.0 cm³/mol. The van der Waals surface area contributed by atoms with Crippen LogP contribution in [-0.4, -0.2) is 19.1 Å². The highest BCUT2D eigenvalue weighted by Gasteiger charge is 2.05. The molecule has 0 aliphatic heterocycles. The fraction of sp³-hybridized carbons (Fsp3) is 0.267. The van der Waals surface area contributed by atoms with Gasteiger partial charge in [0, 0.05) is 37.9 Å². The first kappa shape index (κ1) is 12.4. The molecule has 0 aliphatic carbocycles. The lowest BCUT2D eigenvalue weighted by Crippen LogP contribution is -2.10. The summed E-state index contributed by atoms with van der Waals surface area (Å²) in [6, 6.07) is 12.7. The standard InChI is InChI=1S/C15H19N3/c1-12(13-6-5-9-16-11-13)17-14-7-4-8-15(10-14)18(2)3/h4-12,17H,1-3H3. The van der Waals surface area contributed by atoms with Crippen LogP contribution < -0.4 is 10.2 Å². The van der Waals surface area contributed by atoms with Crippen LogP contribution >= 0.6 is 0 Å². The molecule has 0 bridgehead atoms. The van der Waals surface area contributed by atoms with Crippen molar-refractivity contribution in [3.8, 4) is 0 Å². The van der Waals surface area contributed by atoms with Gasteiger partial charge in [0.2, 0.25) is 0 Å². The largest absolute Gasteiger partial charge is 0.378 e. The molecule has 0 spiro atoms. The van der Waals surface area contributed by atoms with Gasteiger partial charge in [-0.15, -0.1) is 0 Å². The van der Waals surface area contributed by atoms with E-state index in [4.69, 9.17) is 0 Å². The van der Waals surface area contributed by atoms with E-state index in [9.17, 15) is 0 Å². The van der Waals surface area contributed by atoms with Crippen LogP contribution in [0.3, 0.4) is 0 Å². The summed E-state index contributed by atoms with van der Waals surface area (Å²) in [6.45, 7) is 2.14. The Morgan fingerprint density at radius 3 is 2.67 bits per heavy atom. The summed E-state index contributed by atoms with van der Waals surface area (Å²) in [5.74, 6) is 0. The molecule has 3 heteroatoms. The molecule has 1 unspecified atom stereocenters. The first-order valence-corrected chi connectivity index (χ1v) is 6.10. The number of rotatable bonds is 4. The van der Waals surface area contributed by atoms with Crippen LogP contribution in [0, 0.1) is 0 Å². The highest BCUT2D eigenvalue weighted by Crippen LogP contribution is 2.22. The van der Waals surface area contributed by atoms with E-state index in [0.717, 1.165) is 5.69 Å². The molecule has 0 radical (unpaired) electrons. The number of nitrogens with one attached hydrogen (secondary N) is 1. The second-order valence-corrected chi connectivity index (χ2v) is 4.60. The molecule has 1 aromatic carbocycles. The molecule has 0 saturated heterocycles. The number of benzene rings is 1. The summed E-state index contributed by atoms with van der Waals surface area (Å²) in [6.07, 6.45) is 3.69. The van der Waals surface area contributed by atoms with E-state index in [0.29, 0.717) is 0 Å². The number of hydrogen-bond acceptors (Lipinski definition) is 3. The lowest BCUT2D eigenvalue weighted by Gasteiger charge is -2.18. The number of hydrogen-bond donors (Lipinski definition) is 1. The molecule has 94 valence electrons. The maximum Gasteiger partial charge on any atom is 0.0500 e. The van der Waals surface area contributed by atoms with Crippen molar-refractivity contribution in [2.45, 2.75) is 13.0 Å². The molecule has 2 rings (SSSR count). The number of anilines is 2. The Bertz CT molecular complexity index is 494. The summed E-state index contributed by atoms with van der Waals surface area (Å²) in [7, 11) is 4.09. The summed E-state index contributed by atoms with van der Waals surface area (Å²) in [5.41, 5.74) is 3.50. The third-order valence-electron chi connectivity index (χ3n) is 2.93. The Hall–Kier alpha value is -2.03. The second-order valence-electron chi connectivity index (χ2n) is 4.60. The Balaban J connectivity index is 2.12. The minimum atomic E-state index is 0.246. The van der Waals surface area contributed by atoms with Gasteiger partial charge in [-0.3, -0.25) is 4.98 Å². The summed E-state index contributed by atoms with van der Waals surface area (Å²) < 4.78 is 0. The van der Waals surface area contributed by atoms with Gasteiger partial charge in [-0.2, -0.15) is 0 Å². The van der Waals surface area contributed by atoms with Gasteiger partial charge in [0.1, 0.15) is 0 Å². The number of aromatic nitrogens is 1. The van der Waals surface area contributed by atoms with Crippen LogP contribution in [0.2, 0.25) is 0 Å². The molecule has 1 heterocycles. The van der Waals surface area contributed by atoms with Crippen LogP contribution in [0.25, 0.3) is 0 Å². The zero-order valence-electron chi connectivity index (χ0n) is 11.1. The molecule has 2 aromatic rings. The van der Waals surface area contributed by atoms with Gasteiger partial charge in [0.05, 0.1) is 6.04 Å². The van der Waals surface area contributed by atoms with E-state index in [1.807, 2.05) is 26.4 Å². The minimum absolute atomic E-state index is 0.246. The van der Waals surface area contributed by atoms with Gasteiger partial charge in [-0.05, 0) is 36.8 Å². The third-order valence-corrected chi connectivity index (χ3v) is 2.93. The minimum Gasteiger partial charge on any atom is -0.378 e. The van der Waals surface area contributed by atoms with Gasteiger partial charge in [0.25, 0.3) is 0 Å². The van der Waals surface area contributed by atoms with Gasteiger partial charge < -0.3 is 10.2 Å². The molecule has 1 N–H and O–H groups in total. The van der Waals surface area contributed by atoms with E-state index in [1.165, 1.54) is 11.3 Å². The third kappa shape index (κ3) is 3.00. The van der Waals surface area contributed by atoms with Crippen LogP contribution in [-0.2, 0) is 0 Å². The zero-order chi connectivity index (χ0) is 13.0. The van der Waals surface area contributed by atoms with Gasteiger partial charge in [-0.25, -0.2) is 0 Å². The number of pyridine rings is 1. The molecule has 1 aromatic heterocycles. The van der Waals surface area contributed by atoms with Crippen LogP contribution in [0.1, 0.15) is 18.5 Å². The van der Waals surface area contributed by atoms with E-state index in [1.54, 1.807) is 6.20 Å². The van der Waals surface area contributed by atoms with Crippen molar-refractivity contribution in [1.82, 2.24) is 4.98 Å². The molecular weight excluding hydrogens is 222 g/mol. The maximum atomic E-state index is 4.14. The fourth-order valence-electron chi connectivity index (χ4n) is 1.84. The predicted octanol–water partition coefficient (Wildman–Crippen LogP) is 3.32. The van der Waals surface area contributed by atoms with Crippen molar-refractivity contribution in [2.24, 2.45) is 0 Å². The lowest BCUT2D eigenvalue weighted by molar-refractivity contribution is 0.875. The first-order chi connectivity index (χ1) is 8.66. The van der Waals surface area contributed by atoms with Gasteiger partial charge in [0.15, 0.2) is 0 Å². The Kier molecular flexibility index (Phi) is 3.82.